The molecule has 1 amide bonds. The van der Waals surface area contributed by atoms with Crippen LogP contribution >= 0.6 is 11.3 Å². The lowest BCUT2D eigenvalue weighted by Gasteiger charge is -2.29. The molecule has 0 radical (unpaired) electrons. The van der Waals surface area contributed by atoms with Gasteiger partial charge in [0.15, 0.2) is 0 Å². The fraction of sp³-hybridized carbons (Fsp3) is 0.765. The summed E-state index contributed by atoms with van der Waals surface area (Å²) >= 11 is 1.68. The average molecular weight is 340 g/mol. The highest BCUT2D eigenvalue weighted by atomic mass is 32.1. The van der Waals surface area contributed by atoms with E-state index in [9.17, 15) is 4.79 Å². The van der Waals surface area contributed by atoms with Crippen molar-refractivity contribution in [3.8, 4) is 0 Å². The molecule has 1 aromatic heterocycles. The molecule has 2 unspecified atom stereocenters. The van der Waals surface area contributed by atoms with Crippen LogP contribution in [0.1, 0.15) is 63.7 Å². The van der Waals surface area contributed by atoms with Crippen LogP contribution in [-0.2, 0) is 4.74 Å². The molecule has 0 aliphatic carbocycles. The average Bonchev–Trinajstić information content (AvgIpc) is 3.05. The SMILES string of the molecule is Cc1nc(C(C)NCCC2CCCN2C(=O)OC(C)(C)C)cs1. The summed E-state index contributed by atoms with van der Waals surface area (Å²) in [5.41, 5.74) is 0.669. The highest BCUT2D eigenvalue weighted by Gasteiger charge is 2.31. The number of amides is 1. The fourth-order valence-electron chi connectivity index (χ4n) is 2.85. The number of likely N-dealkylation sites (tertiary alicyclic amines) is 1. The Morgan fingerprint density at radius 2 is 2.30 bits per heavy atom. The number of ether oxygens (including phenoxy) is 1. The van der Waals surface area contributed by atoms with Crippen molar-refractivity contribution in [3.05, 3.63) is 16.1 Å². The molecule has 2 heterocycles. The van der Waals surface area contributed by atoms with Gasteiger partial charge in [-0.1, -0.05) is 0 Å². The number of nitrogens with zero attached hydrogens (tertiary/aromatic N) is 2. The van der Waals surface area contributed by atoms with Crippen LogP contribution in [0, 0.1) is 6.92 Å². The summed E-state index contributed by atoms with van der Waals surface area (Å²) in [7, 11) is 0. The van der Waals surface area contributed by atoms with Crippen molar-refractivity contribution in [1.29, 1.82) is 0 Å². The van der Waals surface area contributed by atoms with Crippen molar-refractivity contribution in [3.63, 3.8) is 0 Å². The van der Waals surface area contributed by atoms with E-state index in [1.807, 2.05) is 32.6 Å². The Labute approximate surface area is 143 Å². The third-order valence-corrected chi connectivity index (χ3v) is 4.81. The molecule has 2 atom stereocenters. The van der Waals surface area contributed by atoms with Gasteiger partial charge in [0.2, 0.25) is 0 Å². The number of thiazole rings is 1. The molecule has 5 nitrogen and oxygen atoms in total. The van der Waals surface area contributed by atoms with E-state index in [1.165, 1.54) is 0 Å². The Hall–Kier alpha value is -1.14. The van der Waals surface area contributed by atoms with E-state index in [0.717, 1.165) is 43.1 Å². The Kier molecular flexibility index (Phi) is 6.03. The van der Waals surface area contributed by atoms with E-state index in [2.05, 4.69) is 22.6 Å². The topological polar surface area (TPSA) is 54.5 Å². The van der Waals surface area contributed by atoms with E-state index >= 15 is 0 Å². The van der Waals surface area contributed by atoms with Gasteiger partial charge >= 0.3 is 6.09 Å². The molecular weight excluding hydrogens is 310 g/mol. The van der Waals surface area contributed by atoms with Crippen molar-refractivity contribution in [1.82, 2.24) is 15.2 Å². The third kappa shape index (κ3) is 5.46. The zero-order chi connectivity index (χ0) is 17.0. The molecule has 1 saturated heterocycles. The summed E-state index contributed by atoms with van der Waals surface area (Å²) in [5.74, 6) is 0. The molecule has 1 N–H and O–H groups in total. The second-order valence-corrected chi connectivity index (χ2v) is 8.29. The molecular formula is C17H29N3O2S. The largest absolute Gasteiger partial charge is 0.444 e. The fourth-order valence-corrected chi connectivity index (χ4v) is 3.55. The van der Waals surface area contributed by atoms with Gasteiger partial charge in [-0.15, -0.1) is 11.3 Å². The maximum atomic E-state index is 12.3. The molecule has 6 heteroatoms. The molecule has 0 spiro atoms. The predicted molar refractivity (Wildman–Crippen MR) is 93.8 cm³/mol. The van der Waals surface area contributed by atoms with Gasteiger partial charge in [-0.2, -0.15) is 0 Å². The number of aromatic nitrogens is 1. The van der Waals surface area contributed by atoms with Crippen LogP contribution in [0.2, 0.25) is 0 Å². The monoisotopic (exact) mass is 339 g/mol. The first-order valence-electron chi connectivity index (χ1n) is 8.41. The normalized spacial score (nSPS) is 19.9. The summed E-state index contributed by atoms with van der Waals surface area (Å²) in [6, 6.07) is 0.526. The van der Waals surface area contributed by atoms with E-state index in [1.54, 1.807) is 11.3 Å². The smallest absolute Gasteiger partial charge is 0.410 e. The molecule has 130 valence electrons. The standard InChI is InChI=1S/C17H29N3O2S/c1-12(15-11-23-13(2)19-15)18-9-8-14-7-6-10-20(14)16(21)22-17(3,4)5/h11-12,14,18H,6-10H2,1-5H3. The minimum atomic E-state index is -0.431. The van der Waals surface area contributed by atoms with Gasteiger partial charge < -0.3 is 15.0 Å². The summed E-state index contributed by atoms with van der Waals surface area (Å²) < 4.78 is 5.51. The minimum Gasteiger partial charge on any atom is -0.444 e. The zero-order valence-electron chi connectivity index (χ0n) is 14.9. The van der Waals surface area contributed by atoms with Gasteiger partial charge in [-0.05, 0) is 60.4 Å². The number of aryl methyl sites for hydroxylation is 1. The van der Waals surface area contributed by atoms with Crippen LogP contribution in [0.25, 0.3) is 0 Å². The van der Waals surface area contributed by atoms with Crippen LogP contribution in [0.15, 0.2) is 5.38 Å². The highest BCUT2D eigenvalue weighted by molar-refractivity contribution is 7.09. The lowest BCUT2D eigenvalue weighted by Crippen LogP contribution is -2.41. The number of hydrogen-bond acceptors (Lipinski definition) is 5. The van der Waals surface area contributed by atoms with E-state index in [4.69, 9.17) is 4.74 Å². The first kappa shape index (κ1) is 18.2. The molecule has 23 heavy (non-hydrogen) atoms. The number of hydrogen-bond donors (Lipinski definition) is 1. The maximum absolute atomic E-state index is 12.3. The van der Waals surface area contributed by atoms with E-state index in [-0.39, 0.29) is 18.2 Å². The second kappa shape index (κ2) is 7.62. The predicted octanol–water partition coefficient (Wildman–Crippen LogP) is 3.89. The summed E-state index contributed by atoms with van der Waals surface area (Å²) in [4.78, 5) is 18.7. The molecule has 0 bridgehead atoms. The summed E-state index contributed by atoms with van der Waals surface area (Å²) in [6.07, 6.45) is 2.89. The lowest BCUT2D eigenvalue weighted by molar-refractivity contribution is 0.0220. The zero-order valence-corrected chi connectivity index (χ0v) is 15.7. The number of nitrogens with one attached hydrogen (secondary N) is 1. The van der Waals surface area contributed by atoms with Crippen LogP contribution in [0.3, 0.4) is 0 Å². The van der Waals surface area contributed by atoms with Crippen LogP contribution in [0.5, 0.6) is 0 Å². The minimum absolute atomic E-state index is 0.178. The second-order valence-electron chi connectivity index (χ2n) is 7.23. The van der Waals surface area contributed by atoms with Crippen LogP contribution in [0.4, 0.5) is 4.79 Å². The van der Waals surface area contributed by atoms with Gasteiger partial charge in [0, 0.05) is 24.0 Å². The first-order chi connectivity index (χ1) is 10.8. The Morgan fingerprint density at radius 1 is 1.57 bits per heavy atom. The van der Waals surface area contributed by atoms with Crippen molar-refractivity contribution >= 4 is 17.4 Å². The van der Waals surface area contributed by atoms with Gasteiger partial charge in [0.05, 0.1) is 10.7 Å². The lowest BCUT2D eigenvalue weighted by atomic mass is 10.1. The molecule has 1 aromatic rings. The highest BCUT2D eigenvalue weighted by Crippen LogP contribution is 2.23. The Morgan fingerprint density at radius 3 is 2.91 bits per heavy atom. The van der Waals surface area contributed by atoms with Gasteiger partial charge in [-0.3, -0.25) is 0 Å². The van der Waals surface area contributed by atoms with Crippen molar-refractivity contribution in [2.75, 3.05) is 13.1 Å². The Bertz CT molecular complexity index is 524. The number of carbonyl (C=O) groups excluding carboxylic acids is 1. The van der Waals surface area contributed by atoms with Gasteiger partial charge in [0.1, 0.15) is 5.60 Å². The third-order valence-electron chi connectivity index (χ3n) is 4.01. The van der Waals surface area contributed by atoms with Gasteiger partial charge in [-0.25, -0.2) is 9.78 Å². The van der Waals surface area contributed by atoms with Crippen molar-refractivity contribution < 1.29 is 9.53 Å². The maximum Gasteiger partial charge on any atom is 0.410 e. The van der Waals surface area contributed by atoms with E-state index < -0.39 is 5.60 Å². The summed E-state index contributed by atoms with van der Waals surface area (Å²) in [6.45, 7) is 11.6. The van der Waals surface area contributed by atoms with Crippen LogP contribution < -0.4 is 5.32 Å². The molecule has 1 aliphatic rings. The first-order valence-corrected chi connectivity index (χ1v) is 9.29. The summed E-state index contributed by atoms with van der Waals surface area (Å²) in [5, 5.41) is 6.72. The van der Waals surface area contributed by atoms with Crippen LogP contribution in [-0.4, -0.2) is 40.7 Å². The molecule has 2 rings (SSSR count). The molecule has 1 fully saturated rings. The van der Waals surface area contributed by atoms with E-state index in [0.29, 0.717) is 0 Å². The Balaban J connectivity index is 1.79. The van der Waals surface area contributed by atoms with Crippen molar-refractivity contribution in [2.24, 2.45) is 0 Å². The van der Waals surface area contributed by atoms with Crippen molar-refractivity contribution in [2.45, 2.75) is 71.6 Å². The molecule has 0 aromatic carbocycles. The van der Waals surface area contributed by atoms with Gasteiger partial charge in [0.25, 0.3) is 0 Å². The quantitative estimate of drug-likeness (QED) is 0.884. The number of carbonyl (C=O) groups is 1. The molecule has 1 aliphatic heterocycles. The molecule has 0 saturated carbocycles. The number of rotatable bonds is 5.